The molecule has 3 atom stereocenters. The summed E-state index contributed by atoms with van der Waals surface area (Å²) < 4.78 is 18.6. The molecule has 0 spiro atoms. The fourth-order valence-corrected chi connectivity index (χ4v) is 4.15. The van der Waals surface area contributed by atoms with Crippen molar-refractivity contribution in [1.82, 2.24) is 10.2 Å². The summed E-state index contributed by atoms with van der Waals surface area (Å²) in [5, 5.41) is 3.09. The van der Waals surface area contributed by atoms with Crippen molar-refractivity contribution in [2.75, 3.05) is 13.7 Å². The van der Waals surface area contributed by atoms with Gasteiger partial charge in [-0.05, 0) is 43.4 Å². The van der Waals surface area contributed by atoms with Crippen LogP contribution in [-0.4, -0.2) is 48.6 Å². The number of benzene rings is 1. The largest absolute Gasteiger partial charge is 0.375 e. The van der Waals surface area contributed by atoms with Gasteiger partial charge in [-0.2, -0.15) is 0 Å². The van der Waals surface area contributed by atoms with Crippen molar-refractivity contribution >= 4 is 11.8 Å². The number of hydrogen-bond acceptors (Lipinski definition) is 3. The molecule has 2 heterocycles. The molecule has 2 aliphatic heterocycles. The minimum absolute atomic E-state index is 0.00883. The van der Waals surface area contributed by atoms with Gasteiger partial charge in [0.2, 0.25) is 11.8 Å². The number of amides is 2. The SMILES string of the molecule is COCC(=O)N1[C@H](Cc2cccc(F)c2)C[C@@H]2NC(=O)CCCC[C@H]21. The molecule has 2 saturated heterocycles. The Bertz CT molecular complexity index is 637. The molecule has 2 aliphatic rings. The molecule has 2 amide bonds. The molecule has 1 aromatic carbocycles. The summed E-state index contributed by atoms with van der Waals surface area (Å²) in [6.07, 6.45) is 4.47. The van der Waals surface area contributed by atoms with E-state index in [-0.39, 0.29) is 42.4 Å². The highest BCUT2D eigenvalue weighted by Gasteiger charge is 2.44. The molecule has 5 nitrogen and oxygen atoms in total. The number of hydrogen-bond donors (Lipinski definition) is 1. The standard InChI is InChI=1S/C19H25FN2O3/c1-25-12-19(24)22-15(10-13-5-4-6-14(20)9-13)11-16-17(22)7-2-3-8-18(23)21-16/h4-6,9,15-17H,2-3,7-8,10-12H2,1H3,(H,21,23)/t15-,16+,17-/m1/s1. The molecule has 3 rings (SSSR count). The minimum Gasteiger partial charge on any atom is -0.375 e. The molecule has 0 saturated carbocycles. The summed E-state index contributed by atoms with van der Waals surface area (Å²) in [5.41, 5.74) is 0.862. The van der Waals surface area contributed by atoms with Crippen molar-refractivity contribution in [3.8, 4) is 0 Å². The molecule has 0 unspecified atom stereocenters. The number of methoxy groups -OCH3 is 1. The Morgan fingerprint density at radius 1 is 1.40 bits per heavy atom. The maximum atomic E-state index is 13.5. The molecular weight excluding hydrogens is 323 g/mol. The third-order valence-electron chi connectivity index (χ3n) is 5.16. The number of likely N-dealkylation sites (tertiary alicyclic amines) is 1. The van der Waals surface area contributed by atoms with Crippen LogP contribution in [0.1, 0.15) is 37.7 Å². The van der Waals surface area contributed by atoms with Crippen molar-refractivity contribution in [2.24, 2.45) is 0 Å². The fourth-order valence-electron chi connectivity index (χ4n) is 4.15. The predicted molar refractivity (Wildman–Crippen MR) is 91.4 cm³/mol. The molecule has 1 N–H and O–H groups in total. The summed E-state index contributed by atoms with van der Waals surface area (Å²) >= 11 is 0. The fraction of sp³-hybridized carbons (Fsp3) is 0.579. The number of rotatable bonds is 4. The zero-order chi connectivity index (χ0) is 17.8. The molecule has 25 heavy (non-hydrogen) atoms. The lowest BCUT2D eigenvalue weighted by Crippen LogP contribution is -2.49. The van der Waals surface area contributed by atoms with Gasteiger partial charge in [0.05, 0.1) is 12.1 Å². The van der Waals surface area contributed by atoms with Crippen molar-refractivity contribution in [2.45, 2.75) is 56.7 Å². The van der Waals surface area contributed by atoms with E-state index in [0.717, 1.165) is 24.8 Å². The smallest absolute Gasteiger partial charge is 0.249 e. The molecule has 1 aromatic rings. The van der Waals surface area contributed by atoms with E-state index in [0.29, 0.717) is 19.3 Å². The summed E-state index contributed by atoms with van der Waals surface area (Å²) in [7, 11) is 1.51. The highest BCUT2D eigenvalue weighted by atomic mass is 19.1. The van der Waals surface area contributed by atoms with E-state index in [9.17, 15) is 14.0 Å². The first-order valence-electron chi connectivity index (χ1n) is 8.92. The average molecular weight is 348 g/mol. The van der Waals surface area contributed by atoms with Crippen LogP contribution in [0.5, 0.6) is 0 Å². The average Bonchev–Trinajstić information content (AvgIpc) is 2.86. The number of fused-ring (bicyclic) bond motifs is 1. The van der Waals surface area contributed by atoms with E-state index in [1.165, 1.54) is 19.2 Å². The Morgan fingerprint density at radius 3 is 3.00 bits per heavy atom. The normalized spacial score (nSPS) is 26.6. The van der Waals surface area contributed by atoms with Crippen LogP contribution in [0, 0.1) is 5.82 Å². The third-order valence-corrected chi connectivity index (χ3v) is 5.16. The second-order valence-electron chi connectivity index (χ2n) is 6.94. The molecule has 0 bridgehead atoms. The molecule has 136 valence electrons. The second-order valence-corrected chi connectivity index (χ2v) is 6.94. The van der Waals surface area contributed by atoms with Gasteiger partial charge >= 0.3 is 0 Å². The van der Waals surface area contributed by atoms with E-state index < -0.39 is 0 Å². The van der Waals surface area contributed by atoms with Crippen molar-refractivity contribution in [3.63, 3.8) is 0 Å². The number of carbonyl (C=O) groups is 2. The Morgan fingerprint density at radius 2 is 2.24 bits per heavy atom. The quantitative estimate of drug-likeness (QED) is 0.906. The lowest BCUT2D eigenvalue weighted by Gasteiger charge is -2.33. The van der Waals surface area contributed by atoms with Gasteiger partial charge in [0.25, 0.3) is 0 Å². The van der Waals surface area contributed by atoms with Crippen molar-refractivity contribution < 1.29 is 18.7 Å². The Kier molecular flexibility index (Phi) is 5.68. The molecular formula is C19H25FN2O3. The van der Waals surface area contributed by atoms with Crippen LogP contribution in [0.2, 0.25) is 0 Å². The van der Waals surface area contributed by atoms with Gasteiger partial charge in [0.1, 0.15) is 12.4 Å². The first kappa shape index (κ1) is 17.9. The monoisotopic (exact) mass is 348 g/mol. The second kappa shape index (κ2) is 7.95. The van der Waals surface area contributed by atoms with Gasteiger partial charge in [-0.1, -0.05) is 18.6 Å². The maximum absolute atomic E-state index is 13.5. The molecule has 6 heteroatoms. The van der Waals surface area contributed by atoms with Crippen LogP contribution < -0.4 is 5.32 Å². The van der Waals surface area contributed by atoms with Gasteiger partial charge < -0.3 is 15.0 Å². The van der Waals surface area contributed by atoms with Crippen LogP contribution in [-0.2, 0) is 20.7 Å². The van der Waals surface area contributed by atoms with Crippen LogP contribution in [0.3, 0.4) is 0 Å². The zero-order valence-corrected chi connectivity index (χ0v) is 14.5. The Balaban J connectivity index is 1.83. The Labute approximate surface area is 147 Å². The van der Waals surface area contributed by atoms with E-state index in [2.05, 4.69) is 5.32 Å². The zero-order valence-electron chi connectivity index (χ0n) is 14.5. The highest BCUT2D eigenvalue weighted by molar-refractivity contribution is 5.80. The lowest BCUT2D eigenvalue weighted by atomic mass is 9.97. The summed E-state index contributed by atoms with van der Waals surface area (Å²) in [6, 6.07) is 6.39. The number of carbonyl (C=O) groups excluding carboxylic acids is 2. The number of halogens is 1. The van der Waals surface area contributed by atoms with E-state index in [1.807, 2.05) is 11.0 Å². The van der Waals surface area contributed by atoms with Gasteiger partial charge in [0, 0.05) is 19.6 Å². The topological polar surface area (TPSA) is 58.6 Å². The number of nitrogens with zero attached hydrogens (tertiary/aromatic N) is 1. The molecule has 0 radical (unpaired) electrons. The molecule has 2 fully saturated rings. The van der Waals surface area contributed by atoms with Crippen molar-refractivity contribution in [1.29, 1.82) is 0 Å². The number of nitrogens with one attached hydrogen (secondary N) is 1. The van der Waals surface area contributed by atoms with Crippen LogP contribution in [0.4, 0.5) is 4.39 Å². The van der Waals surface area contributed by atoms with Crippen LogP contribution in [0.15, 0.2) is 24.3 Å². The van der Waals surface area contributed by atoms with Gasteiger partial charge in [-0.15, -0.1) is 0 Å². The lowest BCUT2D eigenvalue weighted by molar-refractivity contribution is -0.139. The van der Waals surface area contributed by atoms with Crippen molar-refractivity contribution in [3.05, 3.63) is 35.6 Å². The first-order valence-corrected chi connectivity index (χ1v) is 8.92. The third kappa shape index (κ3) is 4.18. The van der Waals surface area contributed by atoms with E-state index in [4.69, 9.17) is 4.74 Å². The van der Waals surface area contributed by atoms with E-state index >= 15 is 0 Å². The molecule has 0 aromatic heterocycles. The van der Waals surface area contributed by atoms with Gasteiger partial charge in [-0.3, -0.25) is 9.59 Å². The van der Waals surface area contributed by atoms with Gasteiger partial charge in [-0.25, -0.2) is 4.39 Å². The Hall–Kier alpha value is -1.95. The van der Waals surface area contributed by atoms with Gasteiger partial charge in [0.15, 0.2) is 0 Å². The number of ether oxygens (including phenoxy) is 1. The molecule has 0 aliphatic carbocycles. The van der Waals surface area contributed by atoms with E-state index in [1.54, 1.807) is 6.07 Å². The van der Waals surface area contributed by atoms with Crippen LogP contribution >= 0.6 is 0 Å². The first-order chi connectivity index (χ1) is 12.1. The summed E-state index contributed by atoms with van der Waals surface area (Å²) in [4.78, 5) is 26.5. The van der Waals surface area contributed by atoms with Crippen LogP contribution in [0.25, 0.3) is 0 Å². The minimum atomic E-state index is -0.274. The summed E-state index contributed by atoms with van der Waals surface area (Å²) in [6.45, 7) is 0.0246. The predicted octanol–water partition coefficient (Wildman–Crippen LogP) is 2.04. The summed E-state index contributed by atoms with van der Waals surface area (Å²) in [5.74, 6) is -0.281. The maximum Gasteiger partial charge on any atom is 0.249 e. The highest BCUT2D eigenvalue weighted by Crippen LogP contribution is 2.32.